The Morgan fingerprint density at radius 3 is 2.79 bits per heavy atom. The van der Waals surface area contributed by atoms with Crippen molar-refractivity contribution in [1.82, 2.24) is 0 Å². The predicted octanol–water partition coefficient (Wildman–Crippen LogP) is 1.66. The number of carbonyl (C=O) groups excluding carboxylic acids is 1. The molecule has 0 bridgehead atoms. The number of esters is 1. The fraction of sp³-hybridized carbons (Fsp3) is 0.125. The molecule has 1 aromatic carbocycles. The molecule has 1 aromatic rings. The van der Waals surface area contributed by atoms with Gasteiger partial charge in [0.05, 0.1) is 22.8 Å². The summed E-state index contributed by atoms with van der Waals surface area (Å²) in [6, 6.07) is 1.04. The standard InChI is InChI=1S/C8H7BrFNO3/c1-14-8(13)3-2-4(12)5(9)6(10)7(3)11/h2,12H,11H2,1H3. The van der Waals surface area contributed by atoms with Crippen LogP contribution in [0.2, 0.25) is 0 Å². The van der Waals surface area contributed by atoms with Gasteiger partial charge >= 0.3 is 5.97 Å². The molecule has 1 rings (SSSR count). The molecular formula is C8H7BrFNO3. The number of methoxy groups -OCH3 is 1. The zero-order valence-corrected chi connectivity index (χ0v) is 8.76. The number of halogens is 2. The Kier molecular flexibility index (Phi) is 2.95. The van der Waals surface area contributed by atoms with E-state index in [1.807, 2.05) is 0 Å². The minimum absolute atomic E-state index is 0.178. The van der Waals surface area contributed by atoms with Crippen LogP contribution < -0.4 is 5.73 Å². The van der Waals surface area contributed by atoms with E-state index in [9.17, 15) is 14.3 Å². The van der Waals surface area contributed by atoms with Crippen LogP contribution in [0.3, 0.4) is 0 Å². The average Bonchev–Trinajstić information content (AvgIpc) is 2.19. The van der Waals surface area contributed by atoms with Gasteiger partial charge in [0.1, 0.15) is 5.75 Å². The normalized spacial score (nSPS) is 9.93. The van der Waals surface area contributed by atoms with Crippen LogP contribution in [0, 0.1) is 5.82 Å². The summed E-state index contributed by atoms with van der Waals surface area (Å²) in [5.74, 6) is -2.09. The molecule has 0 aliphatic heterocycles. The Balaban J connectivity index is 3.40. The molecule has 0 saturated carbocycles. The number of nitrogen functional groups attached to an aromatic ring is 1. The second-order valence-electron chi connectivity index (χ2n) is 2.48. The third-order valence-corrected chi connectivity index (χ3v) is 2.38. The number of carbonyl (C=O) groups is 1. The first kappa shape index (κ1) is 10.8. The summed E-state index contributed by atoms with van der Waals surface area (Å²) in [5.41, 5.74) is 4.75. The maximum absolute atomic E-state index is 13.2. The summed E-state index contributed by atoms with van der Waals surface area (Å²) in [6.45, 7) is 0. The Morgan fingerprint density at radius 1 is 1.71 bits per heavy atom. The Hall–Kier alpha value is -1.30. The maximum Gasteiger partial charge on any atom is 0.340 e. The number of anilines is 1. The molecule has 0 aliphatic rings. The van der Waals surface area contributed by atoms with Crippen molar-refractivity contribution in [3.05, 3.63) is 21.9 Å². The van der Waals surface area contributed by atoms with Crippen LogP contribution in [0.25, 0.3) is 0 Å². The van der Waals surface area contributed by atoms with Crippen molar-refractivity contribution in [3.8, 4) is 5.75 Å². The van der Waals surface area contributed by atoms with E-state index in [-0.39, 0.29) is 15.7 Å². The molecule has 76 valence electrons. The van der Waals surface area contributed by atoms with Crippen molar-refractivity contribution in [2.24, 2.45) is 0 Å². The highest BCUT2D eigenvalue weighted by molar-refractivity contribution is 9.10. The smallest absolute Gasteiger partial charge is 0.340 e. The lowest BCUT2D eigenvalue weighted by molar-refractivity contribution is 0.0601. The van der Waals surface area contributed by atoms with E-state index in [1.54, 1.807) is 0 Å². The van der Waals surface area contributed by atoms with Gasteiger partial charge in [-0.15, -0.1) is 0 Å². The van der Waals surface area contributed by atoms with E-state index in [4.69, 9.17) is 5.73 Å². The third kappa shape index (κ3) is 1.65. The van der Waals surface area contributed by atoms with Crippen LogP contribution in [-0.2, 0) is 4.74 Å². The lowest BCUT2D eigenvalue weighted by atomic mass is 10.1. The van der Waals surface area contributed by atoms with Gasteiger partial charge in [-0.2, -0.15) is 0 Å². The number of nitrogens with two attached hydrogens (primary N) is 1. The molecule has 0 atom stereocenters. The molecule has 6 heteroatoms. The number of hydrogen-bond donors (Lipinski definition) is 2. The molecule has 0 heterocycles. The quantitative estimate of drug-likeness (QED) is 0.459. The number of phenolic OH excluding ortho intramolecular Hbond substituents is 1. The summed E-state index contributed by atoms with van der Waals surface area (Å²) in [7, 11) is 1.14. The molecule has 0 amide bonds. The Morgan fingerprint density at radius 2 is 2.29 bits per heavy atom. The van der Waals surface area contributed by atoms with Crippen molar-refractivity contribution in [3.63, 3.8) is 0 Å². The minimum Gasteiger partial charge on any atom is -0.507 e. The summed E-state index contributed by atoms with van der Waals surface area (Å²) in [5, 5.41) is 9.20. The van der Waals surface area contributed by atoms with Gasteiger partial charge in [-0.05, 0) is 22.0 Å². The second-order valence-corrected chi connectivity index (χ2v) is 3.27. The van der Waals surface area contributed by atoms with Crippen LogP contribution >= 0.6 is 15.9 Å². The molecule has 4 nitrogen and oxygen atoms in total. The van der Waals surface area contributed by atoms with Crippen LogP contribution in [-0.4, -0.2) is 18.2 Å². The molecule has 14 heavy (non-hydrogen) atoms. The van der Waals surface area contributed by atoms with Gasteiger partial charge in [0, 0.05) is 0 Å². The summed E-state index contributed by atoms with van der Waals surface area (Å²) in [4.78, 5) is 11.1. The first-order valence-corrected chi connectivity index (χ1v) is 4.33. The zero-order chi connectivity index (χ0) is 10.9. The van der Waals surface area contributed by atoms with Gasteiger partial charge in [0.2, 0.25) is 0 Å². The van der Waals surface area contributed by atoms with Crippen molar-refractivity contribution in [2.45, 2.75) is 0 Å². The SMILES string of the molecule is COC(=O)c1cc(O)c(Br)c(F)c1N. The molecule has 0 unspecified atom stereocenters. The highest BCUT2D eigenvalue weighted by Crippen LogP contribution is 2.33. The average molecular weight is 264 g/mol. The van der Waals surface area contributed by atoms with Crippen LogP contribution in [0.1, 0.15) is 10.4 Å². The van der Waals surface area contributed by atoms with Gasteiger partial charge in [-0.1, -0.05) is 0 Å². The third-order valence-electron chi connectivity index (χ3n) is 1.63. The number of aromatic hydroxyl groups is 1. The van der Waals surface area contributed by atoms with Gasteiger partial charge in [0.15, 0.2) is 5.82 Å². The molecular weight excluding hydrogens is 257 g/mol. The van der Waals surface area contributed by atoms with Gasteiger partial charge < -0.3 is 15.6 Å². The lowest BCUT2D eigenvalue weighted by Crippen LogP contribution is -2.07. The fourth-order valence-corrected chi connectivity index (χ4v) is 1.23. The summed E-state index contributed by atoms with van der Waals surface area (Å²) < 4.78 is 17.4. The molecule has 0 saturated heterocycles. The van der Waals surface area contributed by atoms with Gasteiger partial charge in [0.25, 0.3) is 0 Å². The van der Waals surface area contributed by atoms with Crippen molar-refractivity contribution in [1.29, 1.82) is 0 Å². The van der Waals surface area contributed by atoms with E-state index < -0.39 is 17.5 Å². The number of rotatable bonds is 1. The number of phenols is 1. The van der Waals surface area contributed by atoms with Gasteiger partial charge in [-0.25, -0.2) is 9.18 Å². The van der Waals surface area contributed by atoms with Crippen molar-refractivity contribution >= 4 is 27.6 Å². The minimum atomic E-state index is -0.884. The largest absolute Gasteiger partial charge is 0.507 e. The van der Waals surface area contributed by atoms with Gasteiger partial charge in [-0.3, -0.25) is 0 Å². The summed E-state index contributed by atoms with van der Waals surface area (Å²) in [6.07, 6.45) is 0. The van der Waals surface area contributed by atoms with Crippen LogP contribution in [0.4, 0.5) is 10.1 Å². The lowest BCUT2D eigenvalue weighted by Gasteiger charge is -2.07. The number of ether oxygens (including phenoxy) is 1. The van der Waals surface area contributed by atoms with Crippen LogP contribution in [0.5, 0.6) is 5.75 Å². The predicted molar refractivity (Wildman–Crippen MR) is 51.5 cm³/mol. The van der Waals surface area contributed by atoms with E-state index in [1.165, 1.54) is 0 Å². The molecule has 0 aliphatic carbocycles. The Labute approximate surface area is 87.6 Å². The van der Waals surface area contributed by atoms with E-state index in [0.29, 0.717) is 0 Å². The van der Waals surface area contributed by atoms with E-state index in [2.05, 4.69) is 20.7 Å². The van der Waals surface area contributed by atoms with Crippen LogP contribution in [0.15, 0.2) is 10.5 Å². The van der Waals surface area contributed by atoms with E-state index in [0.717, 1.165) is 13.2 Å². The topological polar surface area (TPSA) is 72.5 Å². The summed E-state index contributed by atoms with van der Waals surface area (Å²) >= 11 is 2.78. The fourth-order valence-electron chi connectivity index (χ4n) is 0.906. The Bertz CT molecular complexity index is 395. The zero-order valence-electron chi connectivity index (χ0n) is 7.17. The number of hydrogen-bond acceptors (Lipinski definition) is 4. The molecule has 3 N–H and O–H groups in total. The molecule has 0 radical (unpaired) electrons. The maximum atomic E-state index is 13.2. The first-order chi connectivity index (χ1) is 6.49. The highest BCUT2D eigenvalue weighted by atomic mass is 79.9. The monoisotopic (exact) mass is 263 g/mol. The molecule has 0 fully saturated rings. The molecule has 0 spiro atoms. The van der Waals surface area contributed by atoms with Crippen molar-refractivity contribution < 1.29 is 19.0 Å². The highest BCUT2D eigenvalue weighted by Gasteiger charge is 2.19. The second kappa shape index (κ2) is 3.83. The number of benzene rings is 1. The van der Waals surface area contributed by atoms with E-state index >= 15 is 0 Å². The first-order valence-electron chi connectivity index (χ1n) is 3.53. The molecule has 0 aromatic heterocycles. The van der Waals surface area contributed by atoms with Crippen molar-refractivity contribution in [2.75, 3.05) is 12.8 Å².